The molecule has 0 saturated carbocycles. The van der Waals surface area contributed by atoms with Gasteiger partial charge in [-0.25, -0.2) is 0 Å². The molecule has 2 heterocycles. The number of fused-ring (bicyclic) bond motifs is 5. The second-order valence-electron chi connectivity index (χ2n) is 6.55. The zero-order valence-electron chi connectivity index (χ0n) is 13.7. The highest BCUT2D eigenvalue weighted by Gasteiger charge is 2.42. The van der Waals surface area contributed by atoms with Gasteiger partial charge < -0.3 is 9.64 Å². The van der Waals surface area contributed by atoms with Crippen LogP contribution in [0.5, 0.6) is 5.75 Å². The van der Waals surface area contributed by atoms with Crippen molar-refractivity contribution in [3.05, 3.63) is 95.1 Å². The first-order chi connectivity index (χ1) is 12.3. The molecule has 0 aliphatic carbocycles. The SMILES string of the molecule is O=C1c2ccccc2C2Cc3cc(OCc4ccccc4)ccc3N12. The summed E-state index contributed by atoms with van der Waals surface area (Å²) in [5, 5.41) is 0. The van der Waals surface area contributed by atoms with Crippen LogP contribution < -0.4 is 9.64 Å². The van der Waals surface area contributed by atoms with Crippen LogP contribution in [0.25, 0.3) is 0 Å². The van der Waals surface area contributed by atoms with Crippen LogP contribution in [0.1, 0.15) is 33.1 Å². The first-order valence-corrected chi connectivity index (χ1v) is 8.53. The third-order valence-corrected chi connectivity index (χ3v) is 5.05. The average Bonchev–Trinajstić information content (AvgIpc) is 3.17. The number of hydrogen-bond acceptors (Lipinski definition) is 2. The van der Waals surface area contributed by atoms with Gasteiger partial charge in [-0.3, -0.25) is 4.79 Å². The number of carbonyl (C=O) groups is 1. The number of benzene rings is 3. The largest absolute Gasteiger partial charge is 0.489 e. The molecule has 25 heavy (non-hydrogen) atoms. The minimum atomic E-state index is 0.109. The van der Waals surface area contributed by atoms with E-state index < -0.39 is 0 Å². The van der Waals surface area contributed by atoms with Crippen molar-refractivity contribution in [3.63, 3.8) is 0 Å². The van der Waals surface area contributed by atoms with E-state index in [-0.39, 0.29) is 11.9 Å². The highest BCUT2D eigenvalue weighted by Crippen LogP contribution is 2.47. The molecule has 2 aliphatic rings. The lowest BCUT2D eigenvalue weighted by molar-refractivity contribution is 0.0993. The lowest BCUT2D eigenvalue weighted by Gasteiger charge is -2.17. The third kappa shape index (κ3) is 2.23. The van der Waals surface area contributed by atoms with E-state index in [4.69, 9.17) is 4.74 Å². The fourth-order valence-corrected chi connectivity index (χ4v) is 3.87. The molecule has 0 saturated heterocycles. The summed E-state index contributed by atoms with van der Waals surface area (Å²) >= 11 is 0. The summed E-state index contributed by atoms with van der Waals surface area (Å²) in [7, 11) is 0. The highest BCUT2D eigenvalue weighted by molar-refractivity contribution is 6.12. The van der Waals surface area contributed by atoms with E-state index >= 15 is 0 Å². The molecule has 122 valence electrons. The van der Waals surface area contributed by atoms with Gasteiger partial charge in [0.1, 0.15) is 12.4 Å². The Hall–Kier alpha value is -3.07. The Morgan fingerprint density at radius 3 is 2.64 bits per heavy atom. The van der Waals surface area contributed by atoms with Gasteiger partial charge in [0.15, 0.2) is 0 Å². The van der Waals surface area contributed by atoms with E-state index in [2.05, 4.69) is 24.3 Å². The number of nitrogens with zero attached hydrogens (tertiary/aromatic N) is 1. The Kier molecular flexibility index (Phi) is 3.14. The molecular formula is C22H17NO2. The second kappa shape index (κ2) is 5.49. The van der Waals surface area contributed by atoms with Gasteiger partial charge in [-0.15, -0.1) is 0 Å². The Balaban J connectivity index is 1.41. The van der Waals surface area contributed by atoms with Crippen molar-refractivity contribution in [2.24, 2.45) is 0 Å². The van der Waals surface area contributed by atoms with E-state index in [1.165, 1.54) is 5.56 Å². The molecule has 5 rings (SSSR count). The zero-order valence-corrected chi connectivity index (χ0v) is 13.7. The topological polar surface area (TPSA) is 29.5 Å². The molecule has 0 radical (unpaired) electrons. The molecule has 3 aromatic rings. The lowest BCUT2D eigenvalue weighted by atomic mass is 10.0. The van der Waals surface area contributed by atoms with Crippen molar-refractivity contribution in [1.82, 2.24) is 0 Å². The van der Waals surface area contributed by atoms with E-state index in [0.29, 0.717) is 6.61 Å². The van der Waals surface area contributed by atoms with Crippen LogP contribution in [-0.4, -0.2) is 5.91 Å². The second-order valence-corrected chi connectivity index (χ2v) is 6.55. The van der Waals surface area contributed by atoms with E-state index in [1.54, 1.807) is 0 Å². The van der Waals surface area contributed by atoms with Crippen molar-refractivity contribution < 1.29 is 9.53 Å². The summed E-state index contributed by atoms with van der Waals surface area (Å²) < 4.78 is 5.93. The molecule has 0 N–H and O–H groups in total. The minimum absolute atomic E-state index is 0.109. The van der Waals surface area contributed by atoms with Crippen LogP contribution in [-0.2, 0) is 13.0 Å². The molecule has 1 unspecified atom stereocenters. The van der Waals surface area contributed by atoms with Gasteiger partial charge in [0, 0.05) is 11.3 Å². The smallest absolute Gasteiger partial charge is 0.259 e. The summed E-state index contributed by atoms with van der Waals surface area (Å²) in [4.78, 5) is 14.7. The maximum atomic E-state index is 12.7. The fraction of sp³-hybridized carbons (Fsp3) is 0.136. The van der Waals surface area contributed by atoms with Crippen molar-refractivity contribution in [2.75, 3.05) is 4.90 Å². The van der Waals surface area contributed by atoms with Gasteiger partial charge in [0.2, 0.25) is 0 Å². The van der Waals surface area contributed by atoms with Gasteiger partial charge in [-0.05, 0) is 47.4 Å². The van der Waals surface area contributed by atoms with Crippen LogP contribution in [0.15, 0.2) is 72.8 Å². The van der Waals surface area contributed by atoms with Gasteiger partial charge in [0.05, 0.1) is 6.04 Å². The van der Waals surface area contributed by atoms with Crippen LogP contribution in [0, 0.1) is 0 Å². The Labute approximate surface area is 146 Å². The van der Waals surface area contributed by atoms with Crippen LogP contribution in [0.4, 0.5) is 5.69 Å². The molecule has 3 heteroatoms. The summed E-state index contributed by atoms with van der Waals surface area (Å²) in [5.74, 6) is 0.960. The highest BCUT2D eigenvalue weighted by atomic mass is 16.5. The number of ether oxygens (including phenoxy) is 1. The summed E-state index contributed by atoms with van der Waals surface area (Å²) in [6, 6.07) is 24.2. The summed E-state index contributed by atoms with van der Waals surface area (Å²) in [5.41, 5.74) is 5.31. The average molecular weight is 327 g/mol. The first-order valence-electron chi connectivity index (χ1n) is 8.53. The first kappa shape index (κ1) is 14.3. The van der Waals surface area contributed by atoms with Gasteiger partial charge in [0.25, 0.3) is 5.91 Å². The molecule has 0 bridgehead atoms. The molecule has 3 nitrogen and oxygen atoms in total. The van der Waals surface area contributed by atoms with E-state index in [0.717, 1.165) is 34.5 Å². The van der Waals surface area contributed by atoms with E-state index in [1.807, 2.05) is 53.4 Å². The van der Waals surface area contributed by atoms with Crippen molar-refractivity contribution in [2.45, 2.75) is 19.1 Å². The molecule has 1 atom stereocenters. The Bertz CT molecular complexity index is 965. The maximum Gasteiger partial charge on any atom is 0.259 e. The summed E-state index contributed by atoms with van der Waals surface area (Å²) in [6.07, 6.45) is 0.848. The molecule has 0 fully saturated rings. The number of rotatable bonds is 3. The summed E-state index contributed by atoms with van der Waals surface area (Å²) in [6.45, 7) is 0.550. The van der Waals surface area contributed by atoms with Crippen LogP contribution >= 0.6 is 0 Å². The molecule has 0 aromatic heterocycles. The Morgan fingerprint density at radius 1 is 0.960 bits per heavy atom. The predicted molar refractivity (Wildman–Crippen MR) is 96.9 cm³/mol. The van der Waals surface area contributed by atoms with Gasteiger partial charge >= 0.3 is 0 Å². The normalized spacial score (nSPS) is 17.2. The lowest BCUT2D eigenvalue weighted by Crippen LogP contribution is -2.23. The number of amides is 1. The standard InChI is InChI=1S/C22H17NO2/c24-22-19-9-5-4-8-18(19)21-13-16-12-17(10-11-20(16)23(21)22)25-14-15-6-2-1-3-7-15/h1-12,21H,13-14H2. The molecule has 0 spiro atoms. The fourth-order valence-electron chi connectivity index (χ4n) is 3.87. The van der Waals surface area contributed by atoms with Crippen molar-refractivity contribution in [3.8, 4) is 5.75 Å². The maximum absolute atomic E-state index is 12.7. The Morgan fingerprint density at radius 2 is 1.76 bits per heavy atom. The van der Waals surface area contributed by atoms with E-state index in [9.17, 15) is 4.79 Å². The van der Waals surface area contributed by atoms with Gasteiger partial charge in [-0.2, -0.15) is 0 Å². The molecule has 3 aromatic carbocycles. The monoisotopic (exact) mass is 327 g/mol. The zero-order chi connectivity index (χ0) is 16.8. The number of carbonyl (C=O) groups excluding carboxylic acids is 1. The molecular weight excluding hydrogens is 310 g/mol. The van der Waals surface area contributed by atoms with Crippen molar-refractivity contribution in [1.29, 1.82) is 0 Å². The minimum Gasteiger partial charge on any atom is -0.489 e. The predicted octanol–water partition coefficient (Wildman–Crippen LogP) is 4.52. The number of hydrogen-bond donors (Lipinski definition) is 0. The third-order valence-electron chi connectivity index (χ3n) is 5.05. The van der Waals surface area contributed by atoms with Gasteiger partial charge in [-0.1, -0.05) is 48.5 Å². The number of anilines is 1. The molecule has 2 aliphatic heterocycles. The quantitative estimate of drug-likeness (QED) is 0.708. The van der Waals surface area contributed by atoms with Crippen molar-refractivity contribution >= 4 is 11.6 Å². The molecule has 1 amide bonds. The van der Waals surface area contributed by atoms with Crippen LogP contribution in [0.3, 0.4) is 0 Å². The van der Waals surface area contributed by atoms with Crippen LogP contribution in [0.2, 0.25) is 0 Å².